The van der Waals surface area contributed by atoms with Gasteiger partial charge in [0.2, 0.25) is 0 Å². The van der Waals surface area contributed by atoms with E-state index in [1.165, 1.54) is 63.4 Å². The van der Waals surface area contributed by atoms with Crippen molar-refractivity contribution in [1.82, 2.24) is 0 Å². The Hall–Kier alpha value is -1.80. The first kappa shape index (κ1) is 22.5. The van der Waals surface area contributed by atoms with Crippen LogP contribution in [0.4, 0.5) is 11.4 Å². The van der Waals surface area contributed by atoms with E-state index in [9.17, 15) is 5.11 Å². The molecule has 0 saturated heterocycles. The van der Waals surface area contributed by atoms with Crippen molar-refractivity contribution in [3.63, 3.8) is 0 Å². The fourth-order valence-corrected chi connectivity index (χ4v) is 3.69. The van der Waals surface area contributed by atoms with Crippen LogP contribution < -0.4 is 5.32 Å². The molecule has 1 unspecified atom stereocenters. The van der Waals surface area contributed by atoms with Crippen molar-refractivity contribution in [3.8, 4) is 0 Å². The highest BCUT2D eigenvalue weighted by Crippen LogP contribution is 2.18. The normalized spacial score (nSPS) is 12.1. The summed E-state index contributed by atoms with van der Waals surface area (Å²) in [5.41, 5.74) is 3.72. The van der Waals surface area contributed by atoms with Gasteiger partial charge < -0.3 is 10.4 Å². The molecule has 2 nitrogen and oxygen atoms in total. The van der Waals surface area contributed by atoms with Crippen LogP contribution in [0.1, 0.15) is 83.1 Å². The molecule has 0 saturated carbocycles. The Labute approximate surface area is 172 Å². The maximum absolute atomic E-state index is 9.72. The van der Waals surface area contributed by atoms with Crippen LogP contribution in [-0.2, 0) is 6.42 Å². The predicted molar refractivity (Wildman–Crippen MR) is 122 cm³/mol. The van der Waals surface area contributed by atoms with E-state index in [4.69, 9.17) is 0 Å². The van der Waals surface area contributed by atoms with E-state index in [0.29, 0.717) is 0 Å². The van der Waals surface area contributed by atoms with Crippen LogP contribution in [0.5, 0.6) is 0 Å². The Kier molecular flexibility index (Phi) is 11.4. The van der Waals surface area contributed by atoms with Crippen LogP contribution in [0.2, 0.25) is 0 Å². The van der Waals surface area contributed by atoms with E-state index in [1.807, 2.05) is 6.07 Å². The summed E-state index contributed by atoms with van der Waals surface area (Å²) in [6.45, 7) is 2.14. The number of rotatable bonds is 15. The lowest BCUT2D eigenvalue weighted by molar-refractivity contribution is 0.150. The van der Waals surface area contributed by atoms with Gasteiger partial charge in [-0.15, -0.1) is 0 Å². The fraction of sp³-hybridized carbons (Fsp3) is 0.538. The molecule has 0 aliphatic heterocycles. The Bertz CT molecular complexity index is 608. The minimum absolute atomic E-state index is 0.0619. The fourth-order valence-electron chi connectivity index (χ4n) is 3.69. The van der Waals surface area contributed by atoms with Crippen LogP contribution >= 0.6 is 0 Å². The van der Waals surface area contributed by atoms with Gasteiger partial charge in [0.25, 0.3) is 0 Å². The Morgan fingerprint density at radius 2 is 1.25 bits per heavy atom. The maximum atomic E-state index is 9.72. The van der Waals surface area contributed by atoms with Crippen molar-refractivity contribution in [2.75, 3.05) is 5.32 Å². The highest BCUT2D eigenvalue weighted by Gasteiger charge is 2.01. The van der Waals surface area contributed by atoms with Gasteiger partial charge in [0.05, 0.1) is 6.10 Å². The van der Waals surface area contributed by atoms with Crippen molar-refractivity contribution in [2.24, 2.45) is 0 Å². The van der Waals surface area contributed by atoms with E-state index in [0.717, 1.165) is 30.6 Å². The summed E-state index contributed by atoms with van der Waals surface area (Å²) in [7, 11) is 0. The molecule has 2 aromatic carbocycles. The Morgan fingerprint density at radius 1 is 0.679 bits per heavy atom. The van der Waals surface area contributed by atoms with Crippen LogP contribution in [0.3, 0.4) is 0 Å². The van der Waals surface area contributed by atoms with Gasteiger partial charge in [0.1, 0.15) is 0 Å². The molecule has 2 N–H and O–H groups in total. The SMILES string of the molecule is CCCC(O)CCCCCCCCCCc1ccc(Nc2ccccc2)cc1. The van der Waals surface area contributed by atoms with Crippen molar-refractivity contribution in [3.05, 3.63) is 60.2 Å². The van der Waals surface area contributed by atoms with E-state index in [2.05, 4.69) is 60.8 Å². The molecule has 2 rings (SSSR count). The van der Waals surface area contributed by atoms with Crippen LogP contribution in [0.25, 0.3) is 0 Å². The second-order valence-electron chi connectivity index (χ2n) is 8.00. The quantitative estimate of drug-likeness (QED) is 0.311. The molecule has 0 radical (unpaired) electrons. The van der Waals surface area contributed by atoms with Gasteiger partial charge in [-0.3, -0.25) is 0 Å². The molecule has 0 aliphatic rings. The number of benzene rings is 2. The number of nitrogens with one attached hydrogen (secondary N) is 1. The lowest BCUT2D eigenvalue weighted by Crippen LogP contribution is -2.04. The molecule has 1 atom stereocenters. The van der Waals surface area contributed by atoms with E-state index >= 15 is 0 Å². The number of unbranched alkanes of at least 4 members (excludes halogenated alkanes) is 7. The molecule has 0 heterocycles. The van der Waals surface area contributed by atoms with Crippen LogP contribution in [-0.4, -0.2) is 11.2 Å². The largest absolute Gasteiger partial charge is 0.393 e. The number of aliphatic hydroxyl groups is 1. The van der Waals surface area contributed by atoms with Gasteiger partial charge in [0.15, 0.2) is 0 Å². The molecule has 0 amide bonds. The molecular formula is C26H39NO. The Balaban J connectivity index is 1.46. The average molecular weight is 382 g/mol. The summed E-state index contributed by atoms with van der Waals surface area (Å²) >= 11 is 0. The zero-order valence-corrected chi connectivity index (χ0v) is 17.7. The topological polar surface area (TPSA) is 32.3 Å². The van der Waals surface area contributed by atoms with Crippen molar-refractivity contribution in [2.45, 2.75) is 90.1 Å². The molecule has 0 spiro atoms. The zero-order valence-electron chi connectivity index (χ0n) is 17.7. The molecule has 0 aliphatic carbocycles. The summed E-state index contributed by atoms with van der Waals surface area (Å²) in [6, 6.07) is 19.2. The smallest absolute Gasteiger partial charge is 0.0540 e. The first-order valence-corrected chi connectivity index (χ1v) is 11.4. The Morgan fingerprint density at radius 3 is 1.89 bits per heavy atom. The molecule has 2 aromatic rings. The number of aryl methyl sites for hydroxylation is 1. The van der Waals surface area contributed by atoms with E-state index in [1.54, 1.807) is 0 Å². The van der Waals surface area contributed by atoms with Crippen molar-refractivity contribution < 1.29 is 5.11 Å². The van der Waals surface area contributed by atoms with Gasteiger partial charge >= 0.3 is 0 Å². The van der Waals surface area contributed by atoms with E-state index in [-0.39, 0.29) is 6.10 Å². The van der Waals surface area contributed by atoms with Gasteiger partial charge in [-0.1, -0.05) is 88.6 Å². The highest BCUT2D eigenvalue weighted by atomic mass is 16.3. The first-order valence-electron chi connectivity index (χ1n) is 11.4. The molecule has 0 aromatic heterocycles. The second kappa shape index (κ2) is 14.2. The molecule has 2 heteroatoms. The maximum Gasteiger partial charge on any atom is 0.0540 e. The minimum atomic E-state index is -0.0619. The van der Waals surface area contributed by atoms with Crippen molar-refractivity contribution in [1.29, 1.82) is 0 Å². The molecular weight excluding hydrogens is 342 g/mol. The number of aliphatic hydroxyl groups excluding tert-OH is 1. The molecule has 0 bridgehead atoms. The predicted octanol–water partition coefficient (Wildman–Crippen LogP) is 7.64. The van der Waals surface area contributed by atoms with Crippen molar-refractivity contribution >= 4 is 11.4 Å². The summed E-state index contributed by atoms with van der Waals surface area (Å²) in [4.78, 5) is 0. The highest BCUT2D eigenvalue weighted by molar-refractivity contribution is 5.59. The van der Waals surface area contributed by atoms with Crippen LogP contribution in [0.15, 0.2) is 54.6 Å². The third-order valence-corrected chi connectivity index (χ3v) is 5.39. The van der Waals surface area contributed by atoms with Crippen LogP contribution in [0, 0.1) is 0 Å². The second-order valence-corrected chi connectivity index (χ2v) is 8.00. The number of anilines is 2. The lowest BCUT2D eigenvalue weighted by atomic mass is 10.0. The number of para-hydroxylation sites is 1. The summed E-state index contributed by atoms with van der Waals surface area (Å²) in [6.07, 6.45) is 14.7. The van der Waals surface area contributed by atoms with Gasteiger partial charge in [0, 0.05) is 11.4 Å². The third kappa shape index (κ3) is 9.94. The standard InChI is InChI=1S/C26H39NO/c1-2-14-26(28)18-13-8-6-4-3-5-7-10-15-23-19-21-25(22-20-23)27-24-16-11-9-12-17-24/h9,11-12,16-17,19-22,26-28H,2-8,10,13-15,18H2,1H3. The monoisotopic (exact) mass is 381 g/mol. The van der Waals surface area contributed by atoms with E-state index < -0.39 is 0 Å². The lowest BCUT2D eigenvalue weighted by Gasteiger charge is -2.08. The first-order chi connectivity index (χ1) is 13.8. The number of hydrogen-bond acceptors (Lipinski definition) is 2. The summed E-state index contributed by atoms with van der Waals surface area (Å²) in [5, 5.41) is 13.2. The minimum Gasteiger partial charge on any atom is -0.393 e. The van der Waals surface area contributed by atoms with Gasteiger partial charge in [-0.25, -0.2) is 0 Å². The number of hydrogen-bond donors (Lipinski definition) is 2. The molecule has 0 fully saturated rings. The molecule has 28 heavy (non-hydrogen) atoms. The third-order valence-electron chi connectivity index (χ3n) is 5.39. The summed E-state index contributed by atoms with van der Waals surface area (Å²) < 4.78 is 0. The summed E-state index contributed by atoms with van der Waals surface area (Å²) in [5.74, 6) is 0. The van der Waals surface area contributed by atoms with Gasteiger partial charge in [-0.2, -0.15) is 0 Å². The average Bonchev–Trinajstić information content (AvgIpc) is 2.71. The van der Waals surface area contributed by atoms with Gasteiger partial charge in [-0.05, 0) is 55.5 Å². The molecule has 154 valence electrons. The zero-order chi connectivity index (χ0) is 19.9.